The molecular weight excluding hydrogens is 909 g/mol. The van der Waals surface area contributed by atoms with E-state index in [1.54, 1.807) is 0 Å². The highest BCUT2D eigenvalue weighted by Gasteiger charge is 2.62. The van der Waals surface area contributed by atoms with Crippen LogP contribution in [0.25, 0.3) is 0 Å². The number of hydrogen-bond acceptors (Lipinski definition) is 8. The summed E-state index contributed by atoms with van der Waals surface area (Å²) in [5.74, 6) is 3.29. The lowest BCUT2D eigenvalue weighted by molar-refractivity contribution is -0.174. The lowest BCUT2D eigenvalue weighted by atomic mass is 9.43. The second-order valence-corrected chi connectivity index (χ2v) is 25.3. The van der Waals surface area contributed by atoms with E-state index < -0.39 is 0 Å². The van der Waals surface area contributed by atoms with Crippen LogP contribution in [0.15, 0.2) is 0 Å². The first-order chi connectivity index (χ1) is 35.4. The van der Waals surface area contributed by atoms with Gasteiger partial charge in [-0.25, -0.2) is 0 Å². The SMILES string of the molecule is CCCCCCCCCCC(=O)OCCCCCN(CCCCCCCCNC(=O)CC[C@@H](C)[C@H]1CC[C@H]2[C@@H]3[C@@H](O)C[C@@H]4C[C@H](O)CC[C@]4(C)[C@H]3CC[C@]12C)CCCCCOC(=O)CCCCCCCCCC. The van der Waals surface area contributed by atoms with Crippen LogP contribution in [0, 0.1) is 46.3 Å². The van der Waals surface area contributed by atoms with Crippen molar-refractivity contribution in [1.82, 2.24) is 10.2 Å². The predicted octanol–water partition coefficient (Wildman–Crippen LogP) is 15.6. The smallest absolute Gasteiger partial charge is 0.305 e. The molecule has 73 heavy (non-hydrogen) atoms. The topological polar surface area (TPSA) is 125 Å². The minimum absolute atomic E-state index is 0.0290. The number of unbranched alkanes of at least 4 members (excludes halogenated alkanes) is 23. The van der Waals surface area contributed by atoms with Crippen LogP contribution in [0.1, 0.15) is 291 Å². The van der Waals surface area contributed by atoms with Crippen LogP contribution in [0.3, 0.4) is 0 Å². The van der Waals surface area contributed by atoms with Gasteiger partial charge in [-0.2, -0.15) is 0 Å². The monoisotopic (exact) mass is 1030 g/mol. The molecule has 4 rings (SSSR count). The maximum atomic E-state index is 13.1. The molecule has 0 aromatic carbocycles. The van der Waals surface area contributed by atoms with Crippen LogP contribution < -0.4 is 5.32 Å². The summed E-state index contributed by atoms with van der Waals surface area (Å²) in [6, 6.07) is 0. The highest BCUT2D eigenvalue weighted by Crippen LogP contribution is 2.68. The first-order valence-corrected chi connectivity index (χ1v) is 32.1. The van der Waals surface area contributed by atoms with Crippen LogP contribution in [0.2, 0.25) is 0 Å². The summed E-state index contributed by atoms with van der Waals surface area (Å²) in [6.07, 6.45) is 44.0. The lowest BCUT2D eigenvalue weighted by Crippen LogP contribution is -2.58. The van der Waals surface area contributed by atoms with Crippen molar-refractivity contribution in [2.75, 3.05) is 39.4 Å². The molecular formula is C64H118N2O7. The van der Waals surface area contributed by atoms with E-state index in [0.29, 0.717) is 68.0 Å². The number of esters is 2. The van der Waals surface area contributed by atoms with E-state index in [9.17, 15) is 24.6 Å². The fourth-order valence-electron chi connectivity index (χ4n) is 15.1. The zero-order valence-corrected chi connectivity index (χ0v) is 48.5. The van der Waals surface area contributed by atoms with Gasteiger partial charge in [0.1, 0.15) is 0 Å². The number of nitrogens with one attached hydrogen (secondary N) is 1. The normalized spacial score (nSPS) is 27.0. The van der Waals surface area contributed by atoms with Gasteiger partial charge in [-0.1, -0.05) is 150 Å². The molecule has 4 saturated carbocycles. The Morgan fingerprint density at radius 2 is 1.01 bits per heavy atom. The molecule has 0 heterocycles. The molecule has 0 saturated heterocycles. The fourth-order valence-corrected chi connectivity index (χ4v) is 15.1. The summed E-state index contributed by atoms with van der Waals surface area (Å²) in [7, 11) is 0. The Kier molecular flexibility index (Phi) is 32.5. The van der Waals surface area contributed by atoms with Crippen molar-refractivity contribution >= 4 is 17.8 Å². The van der Waals surface area contributed by atoms with Gasteiger partial charge in [-0.3, -0.25) is 14.4 Å². The fraction of sp³-hybridized carbons (Fsp3) is 0.953. The largest absolute Gasteiger partial charge is 0.466 e. The molecule has 9 heteroatoms. The Morgan fingerprint density at radius 3 is 1.56 bits per heavy atom. The molecule has 9 nitrogen and oxygen atoms in total. The highest BCUT2D eigenvalue weighted by molar-refractivity contribution is 5.75. The number of fused-ring (bicyclic) bond motifs is 5. The van der Waals surface area contributed by atoms with Crippen LogP contribution in [0.5, 0.6) is 0 Å². The quantitative estimate of drug-likeness (QED) is 0.0407. The number of carbonyl (C=O) groups excluding carboxylic acids is 3. The van der Waals surface area contributed by atoms with E-state index in [2.05, 4.69) is 44.8 Å². The number of aliphatic hydroxyl groups is 2. The van der Waals surface area contributed by atoms with E-state index in [1.807, 2.05) is 0 Å². The lowest BCUT2D eigenvalue weighted by Gasteiger charge is -2.62. The van der Waals surface area contributed by atoms with Gasteiger partial charge in [0.25, 0.3) is 0 Å². The molecule has 0 radical (unpaired) electrons. The van der Waals surface area contributed by atoms with Crippen LogP contribution in [0.4, 0.5) is 0 Å². The Balaban J connectivity index is 1.04. The zero-order chi connectivity index (χ0) is 52.6. The molecule has 0 aromatic rings. The molecule has 0 unspecified atom stereocenters. The molecule has 4 aliphatic carbocycles. The van der Waals surface area contributed by atoms with Crippen LogP contribution in [-0.4, -0.2) is 84.6 Å². The van der Waals surface area contributed by atoms with Gasteiger partial charge in [0.15, 0.2) is 0 Å². The molecule has 3 N–H and O–H groups in total. The van der Waals surface area contributed by atoms with E-state index in [1.165, 1.54) is 128 Å². The summed E-state index contributed by atoms with van der Waals surface area (Å²) in [5.41, 5.74) is 0.514. The van der Waals surface area contributed by atoms with Crippen molar-refractivity contribution < 1.29 is 34.1 Å². The molecule has 4 aliphatic rings. The van der Waals surface area contributed by atoms with Gasteiger partial charge in [-0.15, -0.1) is 0 Å². The molecule has 426 valence electrons. The Morgan fingerprint density at radius 1 is 0.548 bits per heavy atom. The second-order valence-electron chi connectivity index (χ2n) is 25.3. The van der Waals surface area contributed by atoms with Crippen molar-refractivity contribution in [3.8, 4) is 0 Å². The maximum absolute atomic E-state index is 13.1. The predicted molar refractivity (Wildman–Crippen MR) is 302 cm³/mol. The van der Waals surface area contributed by atoms with Gasteiger partial charge >= 0.3 is 11.9 Å². The molecule has 0 aromatic heterocycles. The van der Waals surface area contributed by atoms with Gasteiger partial charge < -0.3 is 29.9 Å². The van der Waals surface area contributed by atoms with Crippen LogP contribution >= 0.6 is 0 Å². The average Bonchev–Trinajstić information content (AvgIpc) is 3.73. The maximum Gasteiger partial charge on any atom is 0.305 e. The molecule has 0 spiro atoms. The van der Waals surface area contributed by atoms with Crippen molar-refractivity contribution in [2.24, 2.45) is 46.3 Å². The number of nitrogens with zero attached hydrogens (tertiary/aromatic N) is 1. The van der Waals surface area contributed by atoms with Crippen LogP contribution in [-0.2, 0) is 23.9 Å². The number of hydrogen-bond donors (Lipinski definition) is 3. The van der Waals surface area contributed by atoms with Crippen molar-refractivity contribution in [3.63, 3.8) is 0 Å². The first kappa shape index (κ1) is 63.8. The Labute approximate surface area is 449 Å². The third kappa shape index (κ3) is 23.4. The molecule has 4 fully saturated rings. The van der Waals surface area contributed by atoms with Gasteiger partial charge in [-0.05, 0) is 188 Å². The van der Waals surface area contributed by atoms with Crippen molar-refractivity contribution in [3.05, 3.63) is 0 Å². The molecule has 10 atom stereocenters. The number of carbonyl (C=O) groups is 3. The van der Waals surface area contributed by atoms with E-state index in [0.717, 1.165) is 135 Å². The van der Waals surface area contributed by atoms with Crippen molar-refractivity contribution in [1.29, 1.82) is 0 Å². The third-order valence-electron chi connectivity index (χ3n) is 19.7. The van der Waals surface area contributed by atoms with Gasteiger partial charge in [0, 0.05) is 25.8 Å². The first-order valence-electron chi connectivity index (χ1n) is 32.1. The molecule has 1 amide bonds. The van der Waals surface area contributed by atoms with Crippen molar-refractivity contribution in [2.45, 2.75) is 304 Å². The second kappa shape index (κ2) is 37.2. The van der Waals surface area contributed by atoms with E-state index >= 15 is 0 Å². The average molecular weight is 1030 g/mol. The minimum Gasteiger partial charge on any atom is -0.466 e. The summed E-state index contributed by atoms with van der Waals surface area (Å²) < 4.78 is 11.2. The van der Waals surface area contributed by atoms with Gasteiger partial charge in [0.2, 0.25) is 5.91 Å². The van der Waals surface area contributed by atoms with E-state index in [4.69, 9.17) is 9.47 Å². The standard InChI is InChI=1S/C64H118N2O7/c1-6-8-10-12-14-16-20-26-34-60(70)72-48-32-24-30-46-66(47-31-25-33-49-73-61(71)35-27-21-17-15-13-11-9-7-2)45-29-23-19-18-22-28-44-65-59(69)39-36-52(3)55-37-38-56-62-57(41-43-64(55,56)5)63(4)42-40-54(67)50-53(63)51-58(62)68/h52-58,62,67-68H,6-51H2,1-5H3,(H,65,69)/t52-,53+,54-,55-,56+,57+,58+,62+,63+,64-/m1/s1. The number of aliphatic hydroxyl groups excluding tert-OH is 2. The molecule has 0 bridgehead atoms. The third-order valence-corrected chi connectivity index (χ3v) is 19.7. The van der Waals surface area contributed by atoms with Gasteiger partial charge in [0.05, 0.1) is 25.4 Å². The number of amides is 1. The Hall–Kier alpha value is -1.71. The highest BCUT2D eigenvalue weighted by atomic mass is 16.5. The molecule has 0 aliphatic heterocycles. The summed E-state index contributed by atoms with van der Waals surface area (Å²) in [5, 5.41) is 25.4. The minimum atomic E-state index is -0.235. The summed E-state index contributed by atoms with van der Waals surface area (Å²) in [4.78, 5) is 40.2. The Bertz CT molecular complexity index is 1420. The number of rotatable bonds is 43. The summed E-state index contributed by atoms with van der Waals surface area (Å²) in [6.45, 7) is 17.1. The number of ether oxygens (including phenoxy) is 2. The summed E-state index contributed by atoms with van der Waals surface area (Å²) >= 11 is 0. The van der Waals surface area contributed by atoms with E-state index in [-0.39, 0.29) is 40.9 Å². The zero-order valence-electron chi connectivity index (χ0n) is 48.5.